The van der Waals surface area contributed by atoms with E-state index in [4.69, 9.17) is 5.84 Å². The number of aryl methyl sites for hydroxylation is 1. The molecule has 0 aliphatic rings. The van der Waals surface area contributed by atoms with Gasteiger partial charge in [-0.15, -0.1) is 0 Å². The lowest BCUT2D eigenvalue weighted by molar-refractivity contribution is 0.637. The molecule has 1 atom stereocenters. The van der Waals surface area contributed by atoms with Gasteiger partial charge in [-0.2, -0.15) is 0 Å². The zero-order valence-electron chi connectivity index (χ0n) is 11.2. The number of hydrogen-bond donors (Lipinski definition) is 2. The Morgan fingerprint density at radius 1 is 1.15 bits per heavy atom. The van der Waals surface area contributed by atoms with Crippen LogP contribution in [-0.2, 0) is 0 Å². The van der Waals surface area contributed by atoms with Gasteiger partial charge >= 0.3 is 0 Å². The van der Waals surface area contributed by atoms with Crippen molar-refractivity contribution in [3.8, 4) is 0 Å². The zero-order chi connectivity index (χ0) is 13.9. The van der Waals surface area contributed by atoms with Gasteiger partial charge in [-0.05, 0) is 24.1 Å². The van der Waals surface area contributed by atoms with Crippen LogP contribution >= 0.6 is 0 Å². The first-order valence-corrected chi connectivity index (χ1v) is 6.51. The van der Waals surface area contributed by atoms with Crippen molar-refractivity contribution in [1.82, 2.24) is 15.4 Å². The Morgan fingerprint density at radius 3 is 2.80 bits per heavy atom. The van der Waals surface area contributed by atoms with Crippen molar-refractivity contribution in [2.75, 3.05) is 0 Å². The Kier molecular flexibility index (Phi) is 3.41. The topological polar surface area (TPSA) is 63.8 Å². The Bertz CT molecular complexity index is 734. The van der Waals surface area contributed by atoms with E-state index in [1.54, 1.807) is 6.20 Å². The fourth-order valence-electron chi connectivity index (χ4n) is 2.46. The van der Waals surface area contributed by atoms with Gasteiger partial charge in [0.1, 0.15) is 0 Å². The van der Waals surface area contributed by atoms with E-state index < -0.39 is 0 Å². The van der Waals surface area contributed by atoms with Crippen molar-refractivity contribution in [3.63, 3.8) is 0 Å². The summed E-state index contributed by atoms with van der Waals surface area (Å²) in [5, 5.41) is 1.10. The quantitative estimate of drug-likeness (QED) is 0.563. The summed E-state index contributed by atoms with van der Waals surface area (Å²) in [4.78, 5) is 8.72. The minimum Gasteiger partial charge on any atom is -0.271 e. The molecule has 0 fully saturated rings. The maximum Gasteiger partial charge on any atom is 0.0753 e. The summed E-state index contributed by atoms with van der Waals surface area (Å²) in [6.07, 6.45) is 5.46. The van der Waals surface area contributed by atoms with Crippen molar-refractivity contribution in [2.45, 2.75) is 13.0 Å². The summed E-state index contributed by atoms with van der Waals surface area (Å²) in [5.74, 6) is 5.77. The molecule has 0 amide bonds. The molecule has 0 saturated heterocycles. The number of nitrogens with one attached hydrogen (secondary N) is 1. The Labute approximate surface area is 117 Å². The molecule has 3 N–H and O–H groups in total. The van der Waals surface area contributed by atoms with E-state index in [1.807, 2.05) is 49.6 Å². The van der Waals surface area contributed by atoms with Crippen molar-refractivity contribution < 1.29 is 0 Å². The second kappa shape index (κ2) is 5.36. The van der Waals surface area contributed by atoms with E-state index in [2.05, 4.69) is 21.5 Å². The van der Waals surface area contributed by atoms with E-state index in [0.717, 1.165) is 27.6 Å². The highest BCUT2D eigenvalue weighted by Gasteiger charge is 2.16. The summed E-state index contributed by atoms with van der Waals surface area (Å²) in [5.41, 5.74) is 7.03. The molecular formula is C16H16N4. The van der Waals surface area contributed by atoms with Crippen LogP contribution in [-0.4, -0.2) is 9.97 Å². The zero-order valence-corrected chi connectivity index (χ0v) is 11.2. The van der Waals surface area contributed by atoms with E-state index in [0.29, 0.717) is 0 Å². The SMILES string of the molecule is Cc1cncc(C(NN)c2cccc3cccnc23)c1. The second-order valence-electron chi connectivity index (χ2n) is 4.82. The monoisotopic (exact) mass is 264 g/mol. The number of aromatic nitrogens is 2. The summed E-state index contributed by atoms with van der Waals surface area (Å²) >= 11 is 0. The molecule has 0 spiro atoms. The average Bonchev–Trinajstić information content (AvgIpc) is 2.48. The predicted molar refractivity (Wildman–Crippen MR) is 79.9 cm³/mol. The molecule has 0 aliphatic carbocycles. The van der Waals surface area contributed by atoms with Gasteiger partial charge in [-0.25, -0.2) is 5.43 Å². The third-order valence-electron chi connectivity index (χ3n) is 3.37. The van der Waals surface area contributed by atoms with Crippen molar-refractivity contribution in [1.29, 1.82) is 0 Å². The molecular weight excluding hydrogens is 248 g/mol. The number of nitrogens with two attached hydrogens (primary N) is 1. The maximum absolute atomic E-state index is 5.77. The smallest absolute Gasteiger partial charge is 0.0753 e. The third kappa shape index (κ3) is 2.27. The first-order valence-electron chi connectivity index (χ1n) is 6.51. The van der Waals surface area contributed by atoms with Gasteiger partial charge in [0.15, 0.2) is 0 Å². The standard InChI is InChI=1S/C16H16N4/c1-11-8-13(10-18-9-11)16(20-17)14-6-2-4-12-5-3-7-19-15(12)14/h2-10,16,20H,17H2,1H3. The number of rotatable bonds is 3. The fraction of sp³-hybridized carbons (Fsp3) is 0.125. The maximum atomic E-state index is 5.77. The summed E-state index contributed by atoms with van der Waals surface area (Å²) in [6, 6.07) is 12.1. The van der Waals surface area contributed by atoms with Crippen LogP contribution in [0.15, 0.2) is 55.0 Å². The molecule has 1 unspecified atom stereocenters. The summed E-state index contributed by atoms with van der Waals surface area (Å²) in [6.45, 7) is 2.02. The summed E-state index contributed by atoms with van der Waals surface area (Å²) < 4.78 is 0. The van der Waals surface area contributed by atoms with Crippen LogP contribution in [0.3, 0.4) is 0 Å². The number of para-hydroxylation sites is 1. The van der Waals surface area contributed by atoms with Crippen LogP contribution in [0.25, 0.3) is 10.9 Å². The van der Waals surface area contributed by atoms with Gasteiger partial charge in [0, 0.05) is 29.5 Å². The lowest BCUT2D eigenvalue weighted by Crippen LogP contribution is -2.29. The molecule has 2 heterocycles. The van der Waals surface area contributed by atoms with Gasteiger partial charge in [-0.1, -0.05) is 30.3 Å². The number of hydrogen-bond acceptors (Lipinski definition) is 4. The van der Waals surface area contributed by atoms with E-state index >= 15 is 0 Å². The van der Waals surface area contributed by atoms with E-state index in [1.165, 1.54) is 0 Å². The van der Waals surface area contributed by atoms with Crippen molar-refractivity contribution in [2.24, 2.45) is 5.84 Å². The van der Waals surface area contributed by atoms with Gasteiger partial charge in [0.25, 0.3) is 0 Å². The summed E-state index contributed by atoms with van der Waals surface area (Å²) in [7, 11) is 0. The van der Waals surface area contributed by atoms with Crippen LogP contribution < -0.4 is 11.3 Å². The van der Waals surface area contributed by atoms with Crippen molar-refractivity contribution >= 4 is 10.9 Å². The molecule has 4 heteroatoms. The lowest BCUT2D eigenvalue weighted by Gasteiger charge is -2.18. The highest BCUT2D eigenvalue weighted by atomic mass is 15.2. The van der Waals surface area contributed by atoms with Gasteiger partial charge in [0.2, 0.25) is 0 Å². The van der Waals surface area contributed by atoms with Crippen LogP contribution in [0.1, 0.15) is 22.7 Å². The number of hydrazine groups is 1. The molecule has 0 bridgehead atoms. The third-order valence-corrected chi connectivity index (χ3v) is 3.37. The molecule has 20 heavy (non-hydrogen) atoms. The number of nitrogens with zero attached hydrogens (tertiary/aromatic N) is 2. The molecule has 100 valence electrons. The van der Waals surface area contributed by atoms with Crippen LogP contribution in [0.2, 0.25) is 0 Å². The highest BCUT2D eigenvalue weighted by Crippen LogP contribution is 2.27. The molecule has 0 radical (unpaired) electrons. The first kappa shape index (κ1) is 12.7. The lowest BCUT2D eigenvalue weighted by atomic mass is 9.97. The molecule has 3 aromatic rings. The largest absolute Gasteiger partial charge is 0.271 e. The number of pyridine rings is 2. The molecule has 0 aliphatic heterocycles. The predicted octanol–water partition coefficient (Wildman–Crippen LogP) is 2.49. The normalized spacial score (nSPS) is 12.5. The number of fused-ring (bicyclic) bond motifs is 1. The Morgan fingerprint density at radius 2 is 2.00 bits per heavy atom. The molecule has 2 aromatic heterocycles. The Balaban J connectivity index is 2.17. The van der Waals surface area contributed by atoms with Gasteiger partial charge in [0.05, 0.1) is 11.6 Å². The fourth-order valence-corrected chi connectivity index (χ4v) is 2.46. The minimum absolute atomic E-state index is 0.124. The van der Waals surface area contributed by atoms with Crippen molar-refractivity contribution in [3.05, 3.63) is 71.7 Å². The van der Waals surface area contributed by atoms with E-state index in [-0.39, 0.29) is 6.04 Å². The molecule has 3 rings (SSSR count). The Hall–Kier alpha value is -2.30. The van der Waals surface area contributed by atoms with E-state index in [9.17, 15) is 0 Å². The first-order chi connectivity index (χ1) is 9.79. The van der Waals surface area contributed by atoms with Gasteiger partial charge in [-0.3, -0.25) is 15.8 Å². The second-order valence-corrected chi connectivity index (χ2v) is 4.82. The van der Waals surface area contributed by atoms with Crippen LogP contribution in [0, 0.1) is 6.92 Å². The molecule has 0 saturated carbocycles. The highest BCUT2D eigenvalue weighted by molar-refractivity contribution is 5.82. The minimum atomic E-state index is -0.124. The van der Waals surface area contributed by atoms with Crippen LogP contribution in [0.4, 0.5) is 0 Å². The molecule has 4 nitrogen and oxygen atoms in total. The van der Waals surface area contributed by atoms with Gasteiger partial charge < -0.3 is 0 Å². The van der Waals surface area contributed by atoms with Crippen LogP contribution in [0.5, 0.6) is 0 Å². The number of benzene rings is 1. The average molecular weight is 264 g/mol. The molecule has 1 aromatic carbocycles.